The van der Waals surface area contributed by atoms with Crippen LogP contribution < -0.4 is 10.1 Å². The van der Waals surface area contributed by atoms with Crippen LogP contribution in [0.4, 0.5) is 5.69 Å². The number of hydrogen-bond donors (Lipinski definition) is 1. The van der Waals surface area contributed by atoms with E-state index in [-0.39, 0.29) is 11.8 Å². The SMILES string of the molecule is CCC(C(=O)Nc1ccc(Oc2ccccc2)cc1)C(C)C. The standard InChI is InChI=1S/C19H23NO2/c1-4-18(14(2)3)19(21)20-15-10-12-17(13-11-15)22-16-8-6-5-7-9-16/h5-14,18H,4H2,1-3H3,(H,20,21). The van der Waals surface area contributed by atoms with E-state index in [1.54, 1.807) is 0 Å². The number of carbonyl (C=O) groups excluding carboxylic acids is 1. The third kappa shape index (κ3) is 4.35. The summed E-state index contributed by atoms with van der Waals surface area (Å²) < 4.78 is 5.73. The molecule has 2 aromatic carbocycles. The summed E-state index contributed by atoms with van der Waals surface area (Å²) in [6.45, 7) is 6.19. The van der Waals surface area contributed by atoms with Crippen molar-refractivity contribution in [3.05, 3.63) is 54.6 Å². The van der Waals surface area contributed by atoms with E-state index < -0.39 is 0 Å². The zero-order chi connectivity index (χ0) is 15.9. The van der Waals surface area contributed by atoms with Crippen LogP contribution in [-0.2, 0) is 4.79 Å². The van der Waals surface area contributed by atoms with Gasteiger partial charge in [0.05, 0.1) is 0 Å². The molecule has 2 aromatic rings. The second kappa shape index (κ2) is 7.64. The average Bonchev–Trinajstić information content (AvgIpc) is 2.50. The molecule has 0 spiro atoms. The number of para-hydroxylation sites is 1. The van der Waals surface area contributed by atoms with Crippen molar-refractivity contribution in [3.8, 4) is 11.5 Å². The maximum atomic E-state index is 12.2. The van der Waals surface area contributed by atoms with Gasteiger partial charge < -0.3 is 10.1 Å². The molecule has 0 fully saturated rings. The molecule has 0 aliphatic heterocycles. The molecular formula is C19H23NO2. The van der Waals surface area contributed by atoms with Gasteiger partial charge in [0.1, 0.15) is 11.5 Å². The van der Waals surface area contributed by atoms with Crippen molar-refractivity contribution >= 4 is 11.6 Å². The third-order valence-electron chi connectivity index (χ3n) is 3.68. The van der Waals surface area contributed by atoms with E-state index in [1.165, 1.54) is 0 Å². The van der Waals surface area contributed by atoms with Crippen LogP contribution in [0.5, 0.6) is 11.5 Å². The maximum Gasteiger partial charge on any atom is 0.227 e. The molecule has 22 heavy (non-hydrogen) atoms. The van der Waals surface area contributed by atoms with Crippen LogP contribution in [0.2, 0.25) is 0 Å². The number of carbonyl (C=O) groups is 1. The summed E-state index contributed by atoms with van der Waals surface area (Å²) in [5.41, 5.74) is 0.796. The van der Waals surface area contributed by atoms with E-state index in [9.17, 15) is 4.79 Å². The molecule has 3 nitrogen and oxygen atoms in total. The lowest BCUT2D eigenvalue weighted by molar-refractivity contribution is -0.121. The highest BCUT2D eigenvalue weighted by atomic mass is 16.5. The minimum absolute atomic E-state index is 0.0419. The predicted octanol–water partition coefficient (Wildman–Crippen LogP) is 5.10. The summed E-state index contributed by atoms with van der Waals surface area (Å²) >= 11 is 0. The molecule has 3 heteroatoms. The van der Waals surface area contributed by atoms with Gasteiger partial charge in [-0.3, -0.25) is 4.79 Å². The van der Waals surface area contributed by atoms with Crippen molar-refractivity contribution in [2.75, 3.05) is 5.32 Å². The lowest BCUT2D eigenvalue weighted by Gasteiger charge is -2.18. The summed E-state index contributed by atoms with van der Waals surface area (Å²) in [4.78, 5) is 12.2. The van der Waals surface area contributed by atoms with Crippen molar-refractivity contribution in [3.63, 3.8) is 0 Å². The molecule has 0 radical (unpaired) electrons. The molecule has 116 valence electrons. The molecule has 0 aromatic heterocycles. The first-order valence-corrected chi connectivity index (χ1v) is 7.74. The van der Waals surface area contributed by atoms with Crippen LogP contribution in [0.15, 0.2) is 54.6 Å². The number of anilines is 1. The molecule has 1 amide bonds. The van der Waals surface area contributed by atoms with Gasteiger partial charge in [0.25, 0.3) is 0 Å². The summed E-state index contributed by atoms with van der Waals surface area (Å²) in [5, 5.41) is 2.97. The van der Waals surface area contributed by atoms with Crippen molar-refractivity contribution in [2.24, 2.45) is 11.8 Å². The quantitative estimate of drug-likeness (QED) is 0.805. The number of benzene rings is 2. The van der Waals surface area contributed by atoms with Gasteiger partial charge in [-0.1, -0.05) is 39.0 Å². The zero-order valence-electron chi connectivity index (χ0n) is 13.4. The number of rotatable bonds is 6. The highest BCUT2D eigenvalue weighted by Gasteiger charge is 2.19. The van der Waals surface area contributed by atoms with Crippen molar-refractivity contribution in [1.29, 1.82) is 0 Å². The summed E-state index contributed by atoms with van der Waals surface area (Å²) in [6, 6.07) is 17.1. The average molecular weight is 297 g/mol. The first kappa shape index (κ1) is 16.1. The van der Waals surface area contributed by atoms with E-state index in [4.69, 9.17) is 4.74 Å². The van der Waals surface area contributed by atoms with Crippen LogP contribution >= 0.6 is 0 Å². The maximum absolute atomic E-state index is 12.2. The summed E-state index contributed by atoms with van der Waals surface area (Å²) in [6.07, 6.45) is 0.846. The third-order valence-corrected chi connectivity index (χ3v) is 3.68. The van der Waals surface area contributed by atoms with E-state index in [0.29, 0.717) is 5.92 Å². The summed E-state index contributed by atoms with van der Waals surface area (Å²) in [5.74, 6) is 2.01. The Morgan fingerprint density at radius 3 is 2.14 bits per heavy atom. The van der Waals surface area contributed by atoms with Crippen LogP contribution in [-0.4, -0.2) is 5.91 Å². The Hall–Kier alpha value is -2.29. The molecule has 0 heterocycles. The van der Waals surface area contributed by atoms with Crippen LogP contribution in [0.1, 0.15) is 27.2 Å². The Morgan fingerprint density at radius 2 is 1.59 bits per heavy atom. The fraction of sp³-hybridized carbons (Fsp3) is 0.316. The molecular weight excluding hydrogens is 274 g/mol. The molecule has 0 saturated carbocycles. The van der Waals surface area contributed by atoms with Gasteiger partial charge in [0, 0.05) is 11.6 Å². The number of ether oxygens (including phenoxy) is 1. The van der Waals surface area contributed by atoms with Gasteiger partial charge in [0.15, 0.2) is 0 Å². The number of amides is 1. The molecule has 2 rings (SSSR count). The normalized spacial score (nSPS) is 12.0. The van der Waals surface area contributed by atoms with Gasteiger partial charge in [-0.15, -0.1) is 0 Å². The van der Waals surface area contributed by atoms with Crippen molar-refractivity contribution in [1.82, 2.24) is 0 Å². The Morgan fingerprint density at radius 1 is 1.00 bits per heavy atom. The smallest absolute Gasteiger partial charge is 0.227 e. The molecule has 0 aliphatic carbocycles. The topological polar surface area (TPSA) is 38.3 Å². The first-order chi connectivity index (χ1) is 10.6. The van der Waals surface area contributed by atoms with Gasteiger partial charge in [0.2, 0.25) is 5.91 Å². The van der Waals surface area contributed by atoms with Gasteiger partial charge in [-0.05, 0) is 48.7 Å². The lowest BCUT2D eigenvalue weighted by Crippen LogP contribution is -2.26. The van der Waals surface area contributed by atoms with Gasteiger partial charge in [-0.2, -0.15) is 0 Å². The minimum Gasteiger partial charge on any atom is -0.457 e. The molecule has 0 aliphatic rings. The fourth-order valence-corrected chi connectivity index (χ4v) is 2.43. The van der Waals surface area contributed by atoms with Crippen LogP contribution in [0.3, 0.4) is 0 Å². The van der Waals surface area contributed by atoms with Gasteiger partial charge >= 0.3 is 0 Å². The highest BCUT2D eigenvalue weighted by Crippen LogP contribution is 2.23. The molecule has 1 N–H and O–H groups in total. The number of nitrogens with one attached hydrogen (secondary N) is 1. The van der Waals surface area contributed by atoms with E-state index >= 15 is 0 Å². The Kier molecular flexibility index (Phi) is 5.59. The molecule has 1 unspecified atom stereocenters. The van der Waals surface area contributed by atoms with E-state index in [2.05, 4.69) is 19.2 Å². The highest BCUT2D eigenvalue weighted by molar-refractivity contribution is 5.92. The largest absolute Gasteiger partial charge is 0.457 e. The molecule has 1 atom stereocenters. The van der Waals surface area contributed by atoms with Crippen molar-refractivity contribution < 1.29 is 9.53 Å². The second-order valence-electron chi connectivity index (χ2n) is 5.69. The second-order valence-corrected chi connectivity index (χ2v) is 5.69. The van der Waals surface area contributed by atoms with Crippen LogP contribution in [0.25, 0.3) is 0 Å². The number of hydrogen-bond acceptors (Lipinski definition) is 2. The molecule has 0 saturated heterocycles. The lowest BCUT2D eigenvalue weighted by atomic mass is 9.92. The molecule has 0 bridgehead atoms. The first-order valence-electron chi connectivity index (χ1n) is 7.74. The minimum atomic E-state index is 0.0419. The van der Waals surface area contributed by atoms with Crippen molar-refractivity contribution in [2.45, 2.75) is 27.2 Å². The fourth-order valence-electron chi connectivity index (χ4n) is 2.43. The Balaban J connectivity index is 1.98. The monoisotopic (exact) mass is 297 g/mol. The van der Waals surface area contributed by atoms with Gasteiger partial charge in [-0.25, -0.2) is 0 Å². The Labute approximate surface area is 132 Å². The zero-order valence-corrected chi connectivity index (χ0v) is 13.4. The Bertz CT molecular complexity index is 591. The van der Waals surface area contributed by atoms with Crippen LogP contribution in [0, 0.1) is 11.8 Å². The van der Waals surface area contributed by atoms with E-state index in [0.717, 1.165) is 23.6 Å². The summed E-state index contributed by atoms with van der Waals surface area (Å²) in [7, 11) is 0. The van der Waals surface area contributed by atoms with E-state index in [1.807, 2.05) is 61.5 Å². The predicted molar refractivity (Wildman–Crippen MR) is 90.2 cm³/mol.